The summed E-state index contributed by atoms with van der Waals surface area (Å²) in [5, 5.41) is 15.5. The van der Waals surface area contributed by atoms with Gasteiger partial charge in [0.25, 0.3) is 5.91 Å². The Morgan fingerprint density at radius 1 is 1.20 bits per heavy atom. The first-order valence-electron chi connectivity index (χ1n) is 11.0. The summed E-state index contributed by atoms with van der Waals surface area (Å²) in [6, 6.07) is 2.17. The van der Waals surface area contributed by atoms with Gasteiger partial charge in [0.2, 0.25) is 5.91 Å². The zero-order chi connectivity index (χ0) is 21.1. The molecule has 162 valence electrons. The van der Waals surface area contributed by atoms with Crippen LogP contribution < -0.4 is 5.32 Å². The van der Waals surface area contributed by atoms with E-state index in [0.717, 1.165) is 50.2 Å². The third-order valence-corrected chi connectivity index (χ3v) is 6.05. The number of nitrogens with one attached hydrogen (secondary N) is 1. The van der Waals surface area contributed by atoms with Gasteiger partial charge in [0.1, 0.15) is 6.54 Å². The molecule has 1 saturated heterocycles. The average Bonchev–Trinajstić information content (AvgIpc) is 3.35. The molecule has 1 unspecified atom stereocenters. The maximum Gasteiger partial charge on any atom is 0.273 e. The maximum atomic E-state index is 13.0. The van der Waals surface area contributed by atoms with Crippen LogP contribution in [-0.4, -0.2) is 60.6 Å². The number of rotatable bonds is 8. The van der Waals surface area contributed by atoms with Gasteiger partial charge in [0.15, 0.2) is 5.69 Å². The first-order chi connectivity index (χ1) is 14.5. The Labute approximate surface area is 176 Å². The Morgan fingerprint density at radius 3 is 2.77 bits per heavy atom. The zero-order valence-electron chi connectivity index (χ0n) is 17.9. The van der Waals surface area contributed by atoms with Crippen LogP contribution in [0.3, 0.4) is 0 Å². The van der Waals surface area contributed by atoms with E-state index in [4.69, 9.17) is 0 Å². The van der Waals surface area contributed by atoms with Crippen LogP contribution >= 0.6 is 0 Å². The van der Waals surface area contributed by atoms with Gasteiger partial charge in [-0.25, -0.2) is 0 Å². The van der Waals surface area contributed by atoms with E-state index in [9.17, 15) is 9.59 Å². The summed E-state index contributed by atoms with van der Waals surface area (Å²) >= 11 is 0. The Kier molecular flexibility index (Phi) is 6.15. The number of hydrogen-bond acceptors (Lipinski definition) is 5. The van der Waals surface area contributed by atoms with Gasteiger partial charge < -0.3 is 10.2 Å². The second kappa shape index (κ2) is 8.97. The number of nitrogens with zero attached hydrogens (tertiary/aromatic N) is 6. The molecule has 0 spiro atoms. The predicted octanol–water partition coefficient (Wildman–Crippen LogP) is 1.70. The molecule has 1 aliphatic carbocycles. The number of likely N-dealkylation sites (tertiary alicyclic amines) is 1. The van der Waals surface area contributed by atoms with Gasteiger partial charge in [-0.2, -0.15) is 5.10 Å². The molecule has 0 bridgehead atoms. The molecule has 4 rings (SSSR count). The van der Waals surface area contributed by atoms with Crippen LogP contribution in [0.2, 0.25) is 0 Å². The number of carbonyl (C=O) groups is 2. The minimum Gasteiger partial charge on any atom is -0.350 e. The second-order valence-electron chi connectivity index (χ2n) is 8.63. The highest BCUT2D eigenvalue weighted by molar-refractivity contribution is 5.91. The molecule has 0 radical (unpaired) electrons. The monoisotopic (exact) mass is 413 g/mol. The van der Waals surface area contributed by atoms with E-state index in [1.165, 1.54) is 12.8 Å². The molecule has 1 aliphatic heterocycles. The van der Waals surface area contributed by atoms with Crippen molar-refractivity contribution in [3.8, 4) is 0 Å². The molecule has 2 aromatic heterocycles. The van der Waals surface area contributed by atoms with Crippen LogP contribution in [-0.2, 0) is 17.9 Å². The van der Waals surface area contributed by atoms with Crippen molar-refractivity contribution in [1.82, 2.24) is 35.0 Å². The van der Waals surface area contributed by atoms with Crippen molar-refractivity contribution in [3.63, 3.8) is 0 Å². The van der Waals surface area contributed by atoms with E-state index >= 15 is 0 Å². The van der Waals surface area contributed by atoms with Gasteiger partial charge in [-0.15, -0.1) is 5.10 Å². The number of aromatic nitrogens is 5. The van der Waals surface area contributed by atoms with Gasteiger partial charge in [-0.1, -0.05) is 5.21 Å². The van der Waals surface area contributed by atoms with E-state index in [0.29, 0.717) is 18.2 Å². The molecule has 3 heterocycles. The summed E-state index contributed by atoms with van der Waals surface area (Å²) in [5.74, 6) is 0.588. The Bertz CT molecular complexity index is 899. The zero-order valence-corrected chi connectivity index (χ0v) is 17.9. The summed E-state index contributed by atoms with van der Waals surface area (Å²) in [5.41, 5.74) is 2.29. The standard InChI is InChI=1S/C21H31N7O2/c1-15-11-16(2)28(24-15)14-20(29)27-9-4-3-5-18(27)8-10-26-13-19(23-25-26)21(30)22-12-17-6-7-17/h11,13,17-18H,3-10,12,14H2,1-2H3,(H,22,30). The average molecular weight is 414 g/mol. The number of piperidine rings is 1. The lowest BCUT2D eigenvalue weighted by atomic mass is 9.99. The van der Waals surface area contributed by atoms with Crippen LogP contribution in [0.4, 0.5) is 0 Å². The largest absolute Gasteiger partial charge is 0.350 e. The summed E-state index contributed by atoms with van der Waals surface area (Å²) in [6.45, 7) is 6.34. The molecular weight excluding hydrogens is 382 g/mol. The minimum atomic E-state index is -0.160. The molecule has 2 aromatic rings. The molecule has 9 nitrogen and oxygen atoms in total. The fourth-order valence-corrected chi connectivity index (χ4v) is 4.13. The van der Waals surface area contributed by atoms with Crippen molar-refractivity contribution in [2.24, 2.45) is 5.92 Å². The predicted molar refractivity (Wildman–Crippen MR) is 111 cm³/mol. The third-order valence-electron chi connectivity index (χ3n) is 6.05. The van der Waals surface area contributed by atoms with E-state index in [-0.39, 0.29) is 24.4 Å². The number of carbonyl (C=O) groups excluding carboxylic acids is 2. The van der Waals surface area contributed by atoms with Crippen LogP contribution in [0.1, 0.15) is 60.4 Å². The minimum absolute atomic E-state index is 0.115. The molecule has 9 heteroatoms. The third kappa shape index (κ3) is 5.06. The van der Waals surface area contributed by atoms with E-state index in [1.54, 1.807) is 15.6 Å². The van der Waals surface area contributed by atoms with E-state index in [1.807, 2.05) is 24.8 Å². The normalized spacial score (nSPS) is 19.1. The van der Waals surface area contributed by atoms with Gasteiger partial charge in [0, 0.05) is 31.4 Å². The van der Waals surface area contributed by atoms with Crippen LogP contribution in [0.5, 0.6) is 0 Å². The summed E-state index contributed by atoms with van der Waals surface area (Å²) in [6.07, 6.45) is 8.05. The lowest BCUT2D eigenvalue weighted by molar-refractivity contribution is -0.136. The van der Waals surface area contributed by atoms with Crippen molar-refractivity contribution in [2.45, 2.75) is 71.5 Å². The fourth-order valence-electron chi connectivity index (χ4n) is 4.13. The van der Waals surface area contributed by atoms with Crippen molar-refractivity contribution in [2.75, 3.05) is 13.1 Å². The Hall–Kier alpha value is -2.71. The van der Waals surface area contributed by atoms with Crippen molar-refractivity contribution >= 4 is 11.8 Å². The topological polar surface area (TPSA) is 97.9 Å². The molecule has 2 fully saturated rings. The molecule has 30 heavy (non-hydrogen) atoms. The molecule has 2 aliphatic rings. The highest BCUT2D eigenvalue weighted by atomic mass is 16.2. The number of hydrogen-bond donors (Lipinski definition) is 1. The second-order valence-corrected chi connectivity index (χ2v) is 8.63. The summed E-state index contributed by atoms with van der Waals surface area (Å²) in [7, 11) is 0. The first-order valence-corrected chi connectivity index (χ1v) is 11.0. The van der Waals surface area contributed by atoms with E-state index in [2.05, 4.69) is 20.7 Å². The fraction of sp³-hybridized carbons (Fsp3) is 0.667. The van der Waals surface area contributed by atoms with Gasteiger partial charge in [0.05, 0.1) is 11.9 Å². The van der Waals surface area contributed by atoms with Crippen LogP contribution in [0.25, 0.3) is 0 Å². The van der Waals surface area contributed by atoms with Gasteiger partial charge in [-0.3, -0.25) is 19.0 Å². The highest BCUT2D eigenvalue weighted by Gasteiger charge is 2.27. The quantitative estimate of drug-likeness (QED) is 0.710. The van der Waals surface area contributed by atoms with Gasteiger partial charge in [-0.05, 0) is 64.4 Å². The molecule has 1 saturated carbocycles. The maximum absolute atomic E-state index is 13.0. The lowest BCUT2D eigenvalue weighted by Gasteiger charge is -2.36. The number of amides is 2. The lowest BCUT2D eigenvalue weighted by Crippen LogP contribution is -2.45. The van der Waals surface area contributed by atoms with Gasteiger partial charge >= 0.3 is 0 Å². The smallest absolute Gasteiger partial charge is 0.273 e. The summed E-state index contributed by atoms with van der Waals surface area (Å²) < 4.78 is 3.50. The molecular formula is C21H31N7O2. The van der Waals surface area contributed by atoms with E-state index < -0.39 is 0 Å². The molecule has 1 atom stereocenters. The Morgan fingerprint density at radius 2 is 2.03 bits per heavy atom. The molecule has 2 amide bonds. The molecule has 0 aromatic carbocycles. The number of aryl methyl sites for hydroxylation is 3. The Balaban J connectivity index is 1.31. The van der Waals surface area contributed by atoms with Crippen molar-refractivity contribution in [3.05, 3.63) is 29.3 Å². The summed E-state index contributed by atoms with van der Waals surface area (Å²) in [4.78, 5) is 27.1. The molecule has 1 N–H and O–H groups in total. The van der Waals surface area contributed by atoms with Crippen LogP contribution in [0, 0.1) is 19.8 Å². The highest BCUT2D eigenvalue weighted by Crippen LogP contribution is 2.27. The first kappa shape index (κ1) is 20.6. The SMILES string of the molecule is Cc1cc(C)n(CC(=O)N2CCCCC2CCn2cc(C(=O)NCC3CC3)nn2)n1. The van der Waals surface area contributed by atoms with Crippen molar-refractivity contribution < 1.29 is 9.59 Å². The van der Waals surface area contributed by atoms with Crippen molar-refractivity contribution in [1.29, 1.82) is 0 Å². The van der Waals surface area contributed by atoms with Crippen LogP contribution in [0.15, 0.2) is 12.3 Å².